The summed E-state index contributed by atoms with van der Waals surface area (Å²) in [6.45, 7) is 8.67. The molecule has 1 aromatic heterocycles. The number of piperazine rings is 1. The minimum absolute atomic E-state index is 0. The van der Waals surface area contributed by atoms with Crippen molar-refractivity contribution in [2.75, 3.05) is 41.3 Å². The molecule has 0 saturated carbocycles. The van der Waals surface area contributed by atoms with Gasteiger partial charge in [0.2, 0.25) is 5.91 Å². The number of anilines is 3. The van der Waals surface area contributed by atoms with Crippen molar-refractivity contribution in [3.05, 3.63) is 58.6 Å². The van der Waals surface area contributed by atoms with Gasteiger partial charge in [-0.3, -0.25) is 4.79 Å². The molecule has 7 nitrogen and oxygen atoms in total. The highest BCUT2D eigenvalue weighted by atomic mass is 35.5. The van der Waals surface area contributed by atoms with Gasteiger partial charge in [-0.15, -0.1) is 37.2 Å². The summed E-state index contributed by atoms with van der Waals surface area (Å²) >= 11 is 6.19. The van der Waals surface area contributed by atoms with Crippen LogP contribution in [0.4, 0.5) is 17.2 Å². The van der Waals surface area contributed by atoms with Crippen molar-refractivity contribution in [1.29, 1.82) is 0 Å². The molecule has 1 aliphatic rings. The highest BCUT2D eigenvalue weighted by molar-refractivity contribution is 6.30. The number of aromatic carboxylic acids is 1. The molecule has 1 amide bonds. The van der Waals surface area contributed by atoms with Gasteiger partial charge in [0.1, 0.15) is 5.82 Å². The first kappa shape index (κ1) is 31.6. The van der Waals surface area contributed by atoms with Crippen molar-refractivity contribution >= 4 is 88.8 Å². The van der Waals surface area contributed by atoms with Gasteiger partial charge in [-0.1, -0.05) is 31.5 Å². The Kier molecular flexibility index (Phi) is 11.6. The van der Waals surface area contributed by atoms with Crippen molar-refractivity contribution in [1.82, 2.24) is 4.98 Å². The Morgan fingerprint density at radius 3 is 2.22 bits per heavy atom. The van der Waals surface area contributed by atoms with Gasteiger partial charge < -0.3 is 20.2 Å². The number of amides is 1. The average Bonchev–Trinajstić information content (AvgIpc) is 2.80. The summed E-state index contributed by atoms with van der Waals surface area (Å²) in [4.78, 5) is 33.2. The molecule has 3 aromatic rings. The Bertz CT molecular complexity index is 1230. The number of halogens is 4. The van der Waals surface area contributed by atoms with E-state index in [-0.39, 0.29) is 54.6 Å². The van der Waals surface area contributed by atoms with Gasteiger partial charge in [0.15, 0.2) is 0 Å². The van der Waals surface area contributed by atoms with Crippen molar-refractivity contribution in [2.45, 2.75) is 20.8 Å². The Hall–Kier alpha value is -2.45. The van der Waals surface area contributed by atoms with Crippen LogP contribution in [-0.4, -0.2) is 48.1 Å². The molecule has 0 atom stereocenters. The van der Waals surface area contributed by atoms with Gasteiger partial charge in [0.05, 0.1) is 11.1 Å². The summed E-state index contributed by atoms with van der Waals surface area (Å²) in [5.41, 5.74) is 3.61. The van der Waals surface area contributed by atoms with E-state index in [0.29, 0.717) is 40.5 Å². The molecule has 4 rings (SSSR count). The molecule has 2 aromatic carbocycles. The molecule has 1 saturated heterocycles. The number of carbonyl (C=O) groups is 2. The molecule has 0 radical (unpaired) electrons. The molecule has 0 aliphatic carbocycles. The van der Waals surface area contributed by atoms with Crippen molar-refractivity contribution < 1.29 is 14.7 Å². The van der Waals surface area contributed by atoms with Crippen LogP contribution in [-0.2, 0) is 4.79 Å². The monoisotopic (exact) mass is 574 g/mol. The summed E-state index contributed by atoms with van der Waals surface area (Å²) < 4.78 is 0. The van der Waals surface area contributed by atoms with Gasteiger partial charge in [0.25, 0.3) is 0 Å². The molecule has 1 aliphatic heterocycles. The van der Waals surface area contributed by atoms with Crippen molar-refractivity contribution in [3.8, 4) is 0 Å². The Morgan fingerprint density at radius 2 is 1.61 bits per heavy atom. The lowest BCUT2D eigenvalue weighted by Crippen LogP contribution is -2.47. The molecule has 196 valence electrons. The third-order valence-corrected chi connectivity index (χ3v) is 6.17. The quantitative estimate of drug-likeness (QED) is 0.383. The molecule has 11 heteroatoms. The summed E-state index contributed by atoms with van der Waals surface area (Å²) in [6.07, 6.45) is 0. The molecule has 0 bridgehead atoms. The Labute approximate surface area is 234 Å². The lowest BCUT2D eigenvalue weighted by atomic mass is 10.1. The Balaban J connectivity index is 0.00000216. The van der Waals surface area contributed by atoms with Gasteiger partial charge in [-0.25, -0.2) is 9.78 Å². The second-order valence-electron chi connectivity index (χ2n) is 8.61. The van der Waals surface area contributed by atoms with Crippen LogP contribution in [0.3, 0.4) is 0 Å². The molecular weight excluding hydrogens is 546 g/mol. The molecule has 0 spiro atoms. The molecule has 1 fully saturated rings. The molecule has 0 unspecified atom stereocenters. The van der Waals surface area contributed by atoms with Crippen molar-refractivity contribution in [2.24, 2.45) is 5.92 Å². The number of nitrogens with one attached hydrogen (secondary N) is 1. The van der Waals surface area contributed by atoms with E-state index in [1.807, 2.05) is 18.2 Å². The van der Waals surface area contributed by atoms with Crippen LogP contribution in [0.15, 0.2) is 42.5 Å². The van der Waals surface area contributed by atoms with Crippen LogP contribution in [0.1, 0.15) is 29.8 Å². The lowest BCUT2D eigenvalue weighted by Gasteiger charge is -2.37. The SMILES string of the molecule is Cc1ccc(Cl)cc1N1CCN(c2cc(C(=O)O)c3cc(NC(=O)C(C)C)ccc3n2)CC1.Cl.Cl.Cl. The highest BCUT2D eigenvalue weighted by Crippen LogP contribution is 2.29. The van der Waals surface area contributed by atoms with E-state index in [0.717, 1.165) is 18.8 Å². The normalized spacial score (nSPS) is 12.9. The maximum atomic E-state index is 12.0. The number of carboxylic acid groups (broad SMARTS) is 1. The third kappa shape index (κ3) is 6.85. The van der Waals surface area contributed by atoms with E-state index in [4.69, 9.17) is 16.6 Å². The Morgan fingerprint density at radius 1 is 0.972 bits per heavy atom. The maximum Gasteiger partial charge on any atom is 0.336 e. The zero-order valence-corrected chi connectivity index (χ0v) is 23.4. The zero-order valence-electron chi connectivity index (χ0n) is 20.2. The number of fused-ring (bicyclic) bond motifs is 1. The number of nitrogens with zero attached hydrogens (tertiary/aromatic N) is 3. The largest absolute Gasteiger partial charge is 0.478 e. The second-order valence-corrected chi connectivity index (χ2v) is 9.05. The average molecular weight is 576 g/mol. The van der Waals surface area contributed by atoms with Gasteiger partial charge in [-0.2, -0.15) is 0 Å². The molecular formula is C25H30Cl4N4O3. The van der Waals surface area contributed by atoms with Crippen LogP contribution in [0.25, 0.3) is 10.9 Å². The summed E-state index contributed by atoms with van der Waals surface area (Å²) in [6, 6.07) is 12.7. The molecule has 2 N–H and O–H groups in total. The number of carboxylic acids is 1. The van der Waals surface area contributed by atoms with E-state index in [9.17, 15) is 14.7 Å². The highest BCUT2D eigenvalue weighted by Gasteiger charge is 2.22. The smallest absolute Gasteiger partial charge is 0.336 e. The summed E-state index contributed by atoms with van der Waals surface area (Å²) in [5, 5.41) is 13.9. The maximum absolute atomic E-state index is 12.0. The number of aromatic nitrogens is 1. The number of pyridine rings is 1. The number of carbonyl (C=O) groups excluding carboxylic acids is 1. The van der Waals surface area contributed by atoms with Crippen LogP contribution >= 0.6 is 48.8 Å². The zero-order chi connectivity index (χ0) is 23.7. The van der Waals surface area contributed by atoms with E-state index < -0.39 is 5.97 Å². The number of benzene rings is 2. The molecule has 36 heavy (non-hydrogen) atoms. The standard InChI is InChI=1S/C25H27ClN4O3.3ClH/c1-15(2)24(31)27-18-6-7-21-19(13-18)20(25(32)33)14-23(28-21)30-10-8-29(9-11-30)22-12-17(26)5-4-16(22)3;;;/h4-7,12-15H,8-11H2,1-3H3,(H,27,31)(H,32,33);3*1H. The first-order valence-electron chi connectivity index (χ1n) is 11.0. The number of rotatable bonds is 5. The second kappa shape index (κ2) is 13.2. The minimum Gasteiger partial charge on any atom is -0.478 e. The number of hydrogen-bond donors (Lipinski definition) is 2. The van der Waals surface area contributed by atoms with E-state index in [1.165, 1.54) is 5.56 Å². The van der Waals surface area contributed by atoms with Gasteiger partial charge >= 0.3 is 5.97 Å². The molecule has 2 heterocycles. The predicted octanol–water partition coefficient (Wildman–Crippen LogP) is 6.08. The van der Waals surface area contributed by atoms with E-state index >= 15 is 0 Å². The lowest BCUT2D eigenvalue weighted by molar-refractivity contribution is -0.118. The van der Waals surface area contributed by atoms with Crippen LogP contribution < -0.4 is 15.1 Å². The topological polar surface area (TPSA) is 85.8 Å². The minimum atomic E-state index is -1.02. The van der Waals surface area contributed by atoms with Crippen molar-refractivity contribution in [3.63, 3.8) is 0 Å². The van der Waals surface area contributed by atoms with Crippen LogP contribution in [0.2, 0.25) is 5.02 Å². The van der Waals surface area contributed by atoms with Gasteiger partial charge in [-0.05, 0) is 48.9 Å². The van der Waals surface area contributed by atoms with Gasteiger partial charge in [0, 0.05) is 53.9 Å². The summed E-state index contributed by atoms with van der Waals surface area (Å²) in [5.74, 6) is -0.677. The van der Waals surface area contributed by atoms with E-state index in [2.05, 4.69) is 22.0 Å². The first-order chi connectivity index (χ1) is 15.7. The summed E-state index contributed by atoms with van der Waals surface area (Å²) in [7, 11) is 0. The van der Waals surface area contributed by atoms with Crippen LogP contribution in [0, 0.1) is 12.8 Å². The van der Waals surface area contributed by atoms with E-state index in [1.54, 1.807) is 38.1 Å². The first-order valence-corrected chi connectivity index (χ1v) is 11.4. The van der Waals surface area contributed by atoms with Crippen LogP contribution in [0.5, 0.6) is 0 Å². The third-order valence-electron chi connectivity index (χ3n) is 5.93. The predicted molar refractivity (Wildman–Crippen MR) is 155 cm³/mol. The number of hydrogen-bond acceptors (Lipinski definition) is 5. The fourth-order valence-corrected chi connectivity index (χ4v) is 4.18. The number of aryl methyl sites for hydroxylation is 1. The fourth-order valence-electron chi connectivity index (χ4n) is 4.01. The fraction of sp³-hybridized carbons (Fsp3) is 0.320.